The Kier molecular flexibility index (Phi) is 4.19. The molecule has 1 aliphatic rings. The highest BCUT2D eigenvalue weighted by Crippen LogP contribution is 2.40. The Bertz CT molecular complexity index is 1100. The fourth-order valence-corrected chi connectivity index (χ4v) is 3.43. The van der Waals surface area contributed by atoms with E-state index in [0.717, 1.165) is 12.8 Å². The molecule has 10 heteroatoms. The average Bonchev–Trinajstić information content (AvgIpc) is 3.18. The molecule has 0 atom stereocenters. The second kappa shape index (κ2) is 6.54. The molecule has 1 N–H and O–H groups in total. The lowest BCUT2D eigenvalue weighted by molar-refractivity contribution is 0.0600. The van der Waals surface area contributed by atoms with Crippen LogP contribution in [0.1, 0.15) is 35.0 Å². The summed E-state index contributed by atoms with van der Waals surface area (Å²) in [4.78, 5) is 11.6. The summed E-state index contributed by atoms with van der Waals surface area (Å²) < 4.78 is 42.9. The van der Waals surface area contributed by atoms with Crippen molar-refractivity contribution in [2.45, 2.75) is 23.9 Å². The molecule has 0 amide bonds. The zero-order chi connectivity index (χ0) is 19.0. The van der Waals surface area contributed by atoms with Gasteiger partial charge in [-0.1, -0.05) is 6.07 Å². The summed E-state index contributed by atoms with van der Waals surface area (Å²) in [7, 11) is -2.76. The Morgan fingerprint density at radius 2 is 2.00 bits per heavy atom. The number of ether oxygens (including phenoxy) is 1. The molecule has 0 unspecified atom stereocenters. The molecule has 27 heavy (non-hydrogen) atoms. The number of carbonyl (C=O) groups is 1. The zero-order valence-corrected chi connectivity index (χ0v) is 15.0. The molecule has 2 heterocycles. The number of sulfonamides is 1. The zero-order valence-electron chi connectivity index (χ0n) is 14.2. The lowest BCUT2D eigenvalue weighted by Crippen LogP contribution is -2.12. The van der Waals surface area contributed by atoms with Crippen LogP contribution in [0.4, 0.5) is 5.69 Å². The third kappa shape index (κ3) is 3.56. The van der Waals surface area contributed by atoms with Crippen LogP contribution in [0.3, 0.4) is 0 Å². The van der Waals surface area contributed by atoms with Gasteiger partial charge in [0.05, 0.1) is 12.7 Å². The van der Waals surface area contributed by atoms with E-state index in [9.17, 15) is 13.2 Å². The van der Waals surface area contributed by atoms with Gasteiger partial charge in [0.25, 0.3) is 15.9 Å². The van der Waals surface area contributed by atoms with Crippen molar-refractivity contribution >= 4 is 21.7 Å². The molecule has 1 aromatic carbocycles. The smallest absolute Gasteiger partial charge is 0.337 e. The van der Waals surface area contributed by atoms with Crippen molar-refractivity contribution < 1.29 is 26.8 Å². The van der Waals surface area contributed by atoms with E-state index in [0.29, 0.717) is 5.89 Å². The summed E-state index contributed by atoms with van der Waals surface area (Å²) in [5.41, 5.74) is 0.418. The number of aromatic nitrogens is 2. The maximum Gasteiger partial charge on any atom is 0.337 e. The van der Waals surface area contributed by atoms with Crippen LogP contribution >= 0.6 is 0 Å². The highest BCUT2D eigenvalue weighted by molar-refractivity contribution is 7.92. The van der Waals surface area contributed by atoms with Crippen LogP contribution in [0.2, 0.25) is 0 Å². The first-order chi connectivity index (χ1) is 13.0. The first kappa shape index (κ1) is 17.3. The van der Waals surface area contributed by atoms with E-state index in [-0.39, 0.29) is 33.9 Å². The van der Waals surface area contributed by atoms with E-state index < -0.39 is 16.0 Å². The summed E-state index contributed by atoms with van der Waals surface area (Å²) in [6, 6.07) is 8.67. The molecule has 0 saturated heterocycles. The SMILES string of the molecule is COC(=O)c1cccc(NS(=O)(=O)c2ccc(-c3nnc(C4CC4)o3)o2)c1. The van der Waals surface area contributed by atoms with Crippen LogP contribution in [-0.4, -0.2) is 31.7 Å². The molecule has 3 aromatic rings. The van der Waals surface area contributed by atoms with Crippen molar-refractivity contribution in [3.8, 4) is 11.7 Å². The Morgan fingerprint density at radius 1 is 1.19 bits per heavy atom. The number of nitrogens with one attached hydrogen (secondary N) is 1. The Balaban J connectivity index is 1.55. The summed E-state index contributed by atoms with van der Waals surface area (Å²) in [5.74, 6) is 0.542. The minimum atomic E-state index is -4.01. The number of nitrogens with zero attached hydrogens (tertiary/aromatic N) is 2. The van der Waals surface area contributed by atoms with Crippen LogP contribution in [0.5, 0.6) is 0 Å². The lowest BCUT2D eigenvalue weighted by Gasteiger charge is -2.07. The van der Waals surface area contributed by atoms with Gasteiger partial charge in [-0.25, -0.2) is 4.79 Å². The van der Waals surface area contributed by atoms with Gasteiger partial charge < -0.3 is 13.6 Å². The van der Waals surface area contributed by atoms with Crippen LogP contribution in [0, 0.1) is 0 Å². The number of hydrogen-bond acceptors (Lipinski definition) is 8. The molecular weight excluding hydrogens is 374 g/mol. The summed E-state index contributed by atoms with van der Waals surface area (Å²) >= 11 is 0. The highest BCUT2D eigenvalue weighted by Gasteiger charge is 2.30. The van der Waals surface area contributed by atoms with Crippen molar-refractivity contribution in [1.29, 1.82) is 0 Å². The van der Waals surface area contributed by atoms with Gasteiger partial charge in [0.15, 0.2) is 5.76 Å². The molecule has 4 rings (SSSR count). The van der Waals surface area contributed by atoms with Gasteiger partial charge in [-0.15, -0.1) is 10.2 Å². The number of anilines is 1. The van der Waals surface area contributed by atoms with E-state index in [1.54, 1.807) is 0 Å². The van der Waals surface area contributed by atoms with Crippen molar-refractivity contribution in [3.63, 3.8) is 0 Å². The molecule has 2 aromatic heterocycles. The van der Waals surface area contributed by atoms with Crippen molar-refractivity contribution in [1.82, 2.24) is 10.2 Å². The molecular formula is C17H15N3O6S. The predicted molar refractivity (Wildman–Crippen MR) is 92.6 cm³/mol. The molecule has 140 valence electrons. The van der Waals surface area contributed by atoms with Crippen molar-refractivity contribution in [2.75, 3.05) is 11.8 Å². The minimum Gasteiger partial charge on any atom is -0.465 e. The Labute approximate surface area is 154 Å². The van der Waals surface area contributed by atoms with Crippen molar-refractivity contribution in [3.05, 3.63) is 47.9 Å². The number of rotatable bonds is 6. The number of methoxy groups -OCH3 is 1. The third-order valence-electron chi connectivity index (χ3n) is 3.96. The van der Waals surface area contributed by atoms with Crippen LogP contribution < -0.4 is 4.72 Å². The Hall–Kier alpha value is -3.14. The van der Waals surface area contributed by atoms with Crippen LogP contribution in [-0.2, 0) is 14.8 Å². The Morgan fingerprint density at radius 3 is 2.74 bits per heavy atom. The molecule has 1 fully saturated rings. The molecule has 0 bridgehead atoms. The van der Waals surface area contributed by atoms with E-state index in [2.05, 4.69) is 19.7 Å². The summed E-state index contributed by atoms with van der Waals surface area (Å²) in [5, 5.41) is 7.52. The predicted octanol–water partition coefficient (Wildman–Crippen LogP) is 2.79. The van der Waals surface area contributed by atoms with E-state index in [1.165, 1.54) is 43.5 Å². The normalized spacial score (nSPS) is 14.1. The van der Waals surface area contributed by atoms with Gasteiger partial charge in [0, 0.05) is 11.6 Å². The summed E-state index contributed by atoms with van der Waals surface area (Å²) in [6.07, 6.45) is 2.02. The van der Waals surface area contributed by atoms with Gasteiger partial charge in [0.2, 0.25) is 11.0 Å². The van der Waals surface area contributed by atoms with Gasteiger partial charge >= 0.3 is 5.97 Å². The molecule has 0 radical (unpaired) electrons. The number of furan rings is 1. The fraction of sp³-hybridized carbons (Fsp3) is 0.235. The molecule has 0 aliphatic heterocycles. The average molecular weight is 389 g/mol. The van der Waals surface area contributed by atoms with Crippen LogP contribution in [0.15, 0.2) is 50.3 Å². The fourth-order valence-electron chi connectivity index (χ4n) is 2.44. The van der Waals surface area contributed by atoms with Crippen molar-refractivity contribution in [2.24, 2.45) is 0 Å². The topological polar surface area (TPSA) is 125 Å². The standard InChI is InChI=1S/C17H15N3O6S/c1-24-17(21)11-3-2-4-12(9-11)20-27(22,23)14-8-7-13(25-14)16-19-18-15(26-16)10-5-6-10/h2-4,7-10,20H,5-6H2,1H3. The largest absolute Gasteiger partial charge is 0.465 e. The first-order valence-corrected chi connectivity index (χ1v) is 9.59. The maximum absolute atomic E-state index is 12.5. The van der Waals surface area contributed by atoms with E-state index in [4.69, 9.17) is 8.83 Å². The second-order valence-electron chi connectivity index (χ2n) is 6.02. The first-order valence-electron chi connectivity index (χ1n) is 8.11. The number of esters is 1. The van der Waals surface area contributed by atoms with Gasteiger partial charge in [-0.05, 0) is 43.2 Å². The molecule has 1 aliphatic carbocycles. The molecule has 1 saturated carbocycles. The maximum atomic E-state index is 12.5. The number of hydrogen-bond donors (Lipinski definition) is 1. The minimum absolute atomic E-state index is 0.131. The third-order valence-corrected chi connectivity index (χ3v) is 5.21. The second-order valence-corrected chi connectivity index (χ2v) is 7.63. The number of benzene rings is 1. The molecule has 9 nitrogen and oxygen atoms in total. The number of carbonyl (C=O) groups excluding carboxylic acids is 1. The van der Waals surface area contributed by atoms with Gasteiger partial charge in [-0.2, -0.15) is 8.42 Å². The quantitative estimate of drug-likeness (QED) is 0.638. The van der Waals surface area contributed by atoms with Crippen LogP contribution in [0.25, 0.3) is 11.7 Å². The molecule has 0 spiro atoms. The van der Waals surface area contributed by atoms with Gasteiger partial charge in [0.1, 0.15) is 0 Å². The lowest BCUT2D eigenvalue weighted by atomic mass is 10.2. The van der Waals surface area contributed by atoms with E-state index in [1.807, 2.05) is 0 Å². The monoisotopic (exact) mass is 389 g/mol. The van der Waals surface area contributed by atoms with E-state index >= 15 is 0 Å². The van der Waals surface area contributed by atoms with Gasteiger partial charge in [-0.3, -0.25) is 4.72 Å². The highest BCUT2D eigenvalue weighted by atomic mass is 32.2. The summed E-state index contributed by atoms with van der Waals surface area (Å²) in [6.45, 7) is 0.